The van der Waals surface area contributed by atoms with Crippen molar-refractivity contribution in [3.8, 4) is 0 Å². The molecule has 0 aromatic rings. The number of piperazine rings is 1. The van der Waals surface area contributed by atoms with E-state index in [1.807, 2.05) is 4.90 Å². The smallest absolute Gasteiger partial charge is 0.311 e. The van der Waals surface area contributed by atoms with Crippen molar-refractivity contribution in [2.75, 3.05) is 32.7 Å². The Hall–Kier alpha value is -1.40. The monoisotopic (exact) mass is 376 g/mol. The van der Waals surface area contributed by atoms with Crippen molar-refractivity contribution < 1.29 is 19.4 Å². The molecule has 1 saturated carbocycles. The third-order valence-corrected chi connectivity index (χ3v) is 7.84. The van der Waals surface area contributed by atoms with Crippen LogP contribution in [0.15, 0.2) is 11.6 Å². The molecule has 2 aliphatic carbocycles. The molecular weight excluding hydrogens is 344 g/mol. The van der Waals surface area contributed by atoms with Gasteiger partial charge in [0.15, 0.2) is 0 Å². The van der Waals surface area contributed by atoms with Gasteiger partial charge in [0.1, 0.15) is 6.10 Å². The summed E-state index contributed by atoms with van der Waals surface area (Å²) in [6.45, 7) is 9.58. The standard InChI is InChI=1S/C21H32N2O4/c1-13-5-4-6-15-11-17-18(19(25)21(13,15)3)16(20(26)27-17)12-22-7-9-23(10-8-22)14(2)24/h6,13,16-19,25H,4-5,7-12H2,1-3H3/t13-,16-,17+,18+,19+,21+/m0/s1. The van der Waals surface area contributed by atoms with Gasteiger partial charge in [0.25, 0.3) is 0 Å². The summed E-state index contributed by atoms with van der Waals surface area (Å²) in [5.41, 5.74) is 1.03. The lowest BCUT2D eigenvalue weighted by Crippen LogP contribution is -2.55. The van der Waals surface area contributed by atoms with Gasteiger partial charge in [0.05, 0.1) is 12.0 Å². The molecular formula is C21H32N2O4. The third-order valence-electron chi connectivity index (χ3n) is 7.84. The Labute approximate surface area is 161 Å². The number of rotatable bonds is 2. The molecule has 3 fully saturated rings. The second-order valence-corrected chi connectivity index (χ2v) is 9.11. The summed E-state index contributed by atoms with van der Waals surface area (Å²) < 4.78 is 5.75. The van der Waals surface area contributed by atoms with Gasteiger partial charge in [-0.05, 0) is 18.8 Å². The highest BCUT2D eigenvalue weighted by Crippen LogP contribution is 2.56. The zero-order valence-electron chi connectivity index (χ0n) is 16.7. The van der Waals surface area contributed by atoms with Crippen LogP contribution in [0.5, 0.6) is 0 Å². The number of hydrogen-bond acceptors (Lipinski definition) is 5. The van der Waals surface area contributed by atoms with Gasteiger partial charge in [-0.1, -0.05) is 25.5 Å². The van der Waals surface area contributed by atoms with Crippen molar-refractivity contribution >= 4 is 11.9 Å². The summed E-state index contributed by atoms with van der Waals surface area (Å²) in [6, 6.07) is 0. The Morgan fingerprint density at radius 3 is 2.70 bits per heavy atom. The predicted octanol–water partition coefficient (Wildman–Crippen LogP) is 1.44. The molecule has 4 aliphatic rings. The summed E-state index contributed by atoms with van der Waals surface area (Å²) in [4.78, 5) is 28.3. The van der Waals surface area contributed by atoms with Crippen LogP contribution in [0.3, 0.4) is 0 Å². The van der Waals surface area contributed by atoms with Crippen molar-refractivity contribution in [3.05, 3.63) is 11.6 Å². The number of nitrogens with zero attached hydrogens (tertiary/aromatic N) is 2. The molecule has 2 saturated heterocycles. The van der Waals surface area contributed by atoms with Crippen LogP contribution in [0.1, 0.15) is 40.0 Å². The van der Waals surface area contributed by atoms with E-state index in [0.717, 1.165) is 32.4 Å². The average Bonchev–Trinajstić information content (AvgIpc) is 2.94. The summed E-state index contributed by atoms with van der Waals surface area (Å²) in [6.07, 6.45) is 4.42. The fraction of sp³-hybridized carbons (Fsp3) is 0.810. The number of aliphatic hydroxyl groups is 1. The number of hydrogen-bond donors (Lipinski definition) is 1. The van der Waals surface area contributed by atoms with Crippen LogP contribution in [-0.4, -0.2) is 71.7 Å². The van der Waals surface area contributed by atoms with Gasteiger partial charge in [-0.2, -0.15) is 0 Å². The third kappa shape index (κ3) is 3.01. The molecule has 4 rings (SSSR count). The van der Waals surface area contributed by atoms with Gasteiger partial charge in [0.2, 0.25) is 5.91 Å². The fourth-order valence-corrected chi connectivity index (χ4v) is 5.80. The SMILES string of the molecule is CC(=O)N1CCN(C[C@@H]2C(=O)O[C@@H]3CC4=CCC[C@H](C)[C@@]4(C)[C@H](O)[C@H]23)CC1. The van der Waals surface area contributed by atoms with Crippen LogP contribution in [0.4, 0.5) is 0 Å². The lowest BCUT2D eigenvalue weighted by atomic mass is 9.55. The first-order valence-electron chi connectivity index (χ1n) is 10.4. The van der Waals surface area contributed by atoms with Crippen molar-refractivity contribution in [3.63, 3.8) is 0 Å². The quantitative estimate of drug-likeness (QED) is 0.583. The van der Waals surface area contributed by atoms with E-state index in [2.05, 4.69) is 24.8 Å². The number of ether oxygens (including phenoxy) is 1. The minimum Gasteiger partial charge on any atom is -0.461 e. The van der Waals surface area contributed by atoms with E-state index < -0.39 is 6.10 Å². The minimum absolute atomic E-state index is 0.108. The van der Waals surface area contributed by atoms with E-state index in [4.69, 9.17) is 4.74 Å². The van der Waals surface area contributed by atoms with E-state index in [0.29, 0.717) is 25.6 Å². The summed E-state index contributed by atoms with van der Waals surface area (Å²) in [5, 5.41) is 11.4. The molecule has 0 aromatic carbocycles. The summed E-state index contributed by atoms with van der Waals surface area (Å²) in [5.74, 6) is -0.0545. The Kier molecular flexibility index (Phi) is 4.83. The highest BCUT2D eigenvalue weighted by molar-refractivity contribution is 5.76. The van der Waals surface area contributed by atoms with Gasteiger partial charge in [-0.15, -0.1) is 0 Å². The molecule has 150 valence electrons. The Morgan fingerprint density at radius 1 is 1.33 bits per heavy atom. The molecule has 6 atom stereocenters. The maximum Gasteiger partial charge on any atom is 0.311 e. The molecule has 0 bridgehead atoms. The largest absolute Gasteiger partial charge is 0.461 e. The fourth-order valence-electron chi connectivity index (χ4n) is 5.80. The number of amides is 1. The maximum absolute atomic E-state index is 12.7. The average molecular weight is 376 g/mol. The molecule has 27 heavy (non-hydrogen) atoms. The van der Waals surface area contributed by atoms with Gasteiger partial charge < -0.3 is 14.7 Å². The molecule has 0 aromatic heterocycles. The van der Waals surface area contributed by atoms with E-state index >= 15 is 0 Å². The minimum atomic E-state index is -0.548. The second kappa shape index (κ2) is 6.89. The van der Waals surface area contributed by atoms with Gasteiger partial charge >= 0.3 is 5.97 Å². The lowest BCUT2D eigenvalue weighted by molar-refractivity contribution is -0.145. The number of fused-ring (bicyclic) bond motifs is 2. The Bertz CT molecular complexity index is 655. The Balaban J connectivity index is 1.50. The number of aliphatic hydroxyl groups excluding tert-OH is 1. The first kappa shape index (κ1) is 18.9. The number of allylic oxidation sites excluding steroid dienone is 1. The molecule has 0 spiro atoms. The van der Waals surface area contributed by atoms with E-state index in [-0.39, 0.29) is 35.2 Å². The van der Waals surface area contributed by atoms with E-state index in [9.17, 15) is 14.7 Å². The van der Waals surface area contributed by atoms with Gasteiger partial charge in [0, 0.05) is 57.4 Å². The van der Waals surface area contributed by atoms with Crippen molar-refractivity contribution in [2.45, 2.75) is 52.2 Å². The van der Waals surface area contributed by atoms with Crippen LogP contribution >= 0.6 is 0 Å². The summed E-state index contributed by atoms with van der Waals surface area (Å²) >= 11 is 0. The number of carbonyl (C=O) groups is 2. The number of esters is 1. The topological polar surface area (TPSA) is 70.1 Å². The van der Waals surface area contributed by atoms with Gasteiger partial charge in [-0.25, -0.2) is 0 Å². The van der Waals surface area contributed by atoms with Crippen LogP contribution in [0.2, 0.25) is 0 Å². The van der Waals surface area contributed by atoms with Crippen LogP contribution in [-0.2, 0) is 14.3 Å². The lowest BCUT2D eigenvalue weighted by Gasteiger charge is -2.52. The molecule has 1 N–H and O–H groups in total. The first-order chi connectivity index (χ1) is 12.8. The zero-order valence-corrected chi connectivity index (χ0v) is 16.7. The van der Waals surface area contributed by atoms with Crippen LogP contribution < -0.4 is 0 Å². The molecule has 6 heteroatoms. The van der Waals surface area contributed by atoms with Crippen LogP contribution in [0, 0.1) is 23.2 Å². The Morgan fingerprint density at radius 2 is 2.04 bits per heavy atom. The molecule has 6 nitrogen and oxygen atoms in total. The molecule has 0 radical (unpaired) electrons. The predicted molar refractivity (Wildman–Crippen MR) is 101 cm³/mol. The van der Waals surface area contributed by atoms with Crippen molar-refractivity contribution in [1.82, 2.24) is 9.80 Å². The summed E-state index contributed by atoms with van der Waals surface area (Å²) in [7, 11) is 0. The van der Waals surface area contributed by atoms with Crippen molar-refractivity contribution in [1.29, 1.82) is 0 Å². The molecule has 2 heterocycles. The molecule has 0 unspecified atom stereocenters. The normalized spacial score (nSPS) is 42.2. The second-order valence-electron chi connectivity index (χ2n) is 9.11. The first-order valence-corrected chi connectivity index (χ1v) is 10.4. The van der Waals surface area contributed by atoms with Gasteiger partial charge in [-0.3, -0.25) is 14.5 Å². The van der Waals surface area contributed by atoms with Crippen LogP contribution in [0.25, 0.3) is 0 Å². The number of carbonyl (C=O) groups excluding carboxylic acids is 2. The zero-order chi connectivity index (χ0) is 19.3. The highest BCUT2D eigenvalue weighted by Gasteiger charge is 2.59. The molecule has 1 amide bonds. The van der Waals surface area contributed by atoms with E-state index in [1.165, 1.54) is 5.57 Å². The van der Waals surface area contributed by atoms with E-state index in [1.54, 1.807) is 6.92 Å². The molecule has 2 aliphatic heterocycles. The highest BCUT2D eigenvalue weighted by atomic mass is 16.6. The maximum atomic E-state index is 12.7. The van der Waals surface area contributed by atoms with Crippen molar-refractivity contribution in [2.24, 2.45) is 23.2 Å².